The second kappa shape index (κ2) is 8.55. The smallest absolute Gasteiger partial charge is 0.161 e. The number of carbonyl (C=O) groups is 1. The summed E-state index contributed by atoms with van der Waals surface area (Å²) in [5.41, 5.74) is 1.66. The van der Waals surface area contributed by atoms with Gasteiger partial charge in [-0.15, -0.1) is 0 Å². The zero-order valence-electron chi connectivity index (χ0n) is 18.3. The number of hydrogen-bond acceptors (Lipinski definition) is 3. The average molecular weight is 455 g/mol. The molecule has 0 spiro atoms. The van der Waals surface area contributed by atoms with Gasteiger partial charge >= 0.3 is 0 Å². The van der Waals surface area contributed by atoms with Crippen LogP contribution in [0.25, 0.3) is 6.08 Å². The number of ether oxygens (including phenoxy) is 2. The van der Waals surface area contributed by atoms with Gasteiger partial charge in [0.2, 0.25) is 0 Å². The van der Waals surface area contributed by atoms with Crippen molar-refractivity contribution >= 4 is 23.5 Å². The molecule has 4 fully saturated rings. The summed E-state index contributed by atoms with van der Waals surface area (Å²) < 4.78 is 24.6. The highest BCUT2D eigenvalue weighted by atomic mass is 35.5. The maximum Gasteiger partial charge on any atom is 0.161 e. The predicted octanol–water partition coefficient (Wildman–Crippen LogP) is 6.87. The third kappa shape index (κ3) is 4.17. The first-order chi connectivity index (χ1) is 15.4. The van der Waals surface area contributed by atoms with E-state index in [0.717, 1.165) is 48.1 Å². The minimum atomic E-state index is -0.479. The van der Waals surface area contributed by atoms with Gasteiger partial charge in [0, 0.05) is 17.0 Å². The molecule has 0 heterocycles. The lowest BCUT2D eigenvalue weighted by molar-refractivity contribution is -0.138. The van der Waals surface area contributed by atoms with Crippen molar-refractivity contribution in [2.45, 2.75) is 45.1 Å². The fourth-order valence-corrected chi connectivity index (χ4v) is 6.67. The molecule has 0 N–H and O–H groups in total. The van der Waals surface area contributed by atoms with E-state index >= 15 is 0 Å². The van der Waals surface area contributed by atoms with Crippen LogP contribution in [0.2, 0.25) is 5.02 Å². The van der Waals surface area contributed by atoms with Crippen molar-refractivity contribution in [2.24, 2.45) is 23.2 Å². The van der Waals surface area contributed by atoms with Gasteiger partial charge in [0.05, 0.1) is 12.1 Å². The van der Waals surface area contributed by atoms with Gasteiger partial charge in [0.15, 0.2) is 5.78 Å². The summed E-state index contributed by atoms with van der Waals surface area (Å²) in [6.07, 6.45) is 10.9. The molecule has 3 nitrogen and oxygen atoms in total. The number of benzene rings is 2. The van der Waals surface area contributed by atoms with Gasteiger partial charge in [-0.05, 0) is 92.2 Å². The summed E-state index contributed by atoms with van der Waals surface area (Å²) >= 11 is 5.84. The van der Waals surface area contributed by atoms with Gasteiger partial charge in [-0.2, -0.15) is 0 Å². The van der Waals surface area contributed by atoms with Gasteiger partial charge in [0.1, 0.15) is 23.9 Å². The first-order valence-electron chi connectivity index (χ1n) is 11.4. The predicted molar refractivity (Wildman–Crippen MR) is 123 cm³/mol. The lowest BCUT2D eigenvalue weighted by Crippen LogP contribution is -2.49. The monoisotopic (exact) mass is 454 g/mol. The number of allylic oxidation sites excluding steroid dienone is 1. The van der Waals surface area contributed by atoms with Gasteiger partial charge < -0.3 is 9.47 Å². The van der Waals surface area contributed by atoms with Crippen LogP contribution in [0, 0.1) is 29.0 Å². The maximum absolute atomic E-state index is 13.4. The van der Waals surface area contributed by atoms with E-state index in [4.69, 9.17) is 21.1 Å². The minimum Gasteiger partial charge on any atom is -0.496 e. The molecule has 5 heteroatoms. The Morgan fingerprint density at radius 2 is 1.78 bits per heavy atom. The molecular formula is C27H28ClFO3. The van der Waals surface area contributed by atoms with Crippen LogP contribution < -0.4 is 9.47 Å². The van der Waals surface area contributed by atoms with Gasteiger partial charge in [-0.1, -0.05) is 23.7 Å². The van der Waals surface area contributed by atoms with Crippen molar-refractivity contribution in [3.05, 3.63) is 64.4 Å². The van der Waals surface area contributed by atoms with Crippen molar-refractivity contribution < 1.29 is 18.7 Å². The number of ketones is 1. The second-order valence-corrected chi connectivity index (χ2v) is 10.2. The van der Waals surface area contributed by atoms with Crippen LogP contribution in [0.15, 0.2) is 42.5 Å². The van der Waals surface area contributed by atoms with Crippen LogP contribution in [0.3, 0.4) is 0 Å². The van der Waals surface area contributed by atoms with Gasteiger partial charge in [0.25, 0.3) is 0 Å². The Morgan fingerprint density at radius 3 is 2.41 bits per heavy atom. The summed E-state index contributed by atoms with van der Waals surface area (Å²) in [4.78, 5) is 13.3. The highest BCUT2D eigenvalue weighted by molar-refractivity contribution is 6.30. The summed E-state index contributed by atoms with van der Waals surface area (Å²) in [6.45, 7) is 0.246. The van der Waals surface area contributed by atoms with E-state index in [1.165, 1.54) is 31.4 Å². The lowest BCUT2D eigenvalue weighted by atomic mass is 9.48. The maximum atomic E-state index is 13.4. The van der Waals surface area contributed by atoms with E-state index in [9.17, 15) is 9.18 Å². The Kier molecular flexibility index (Phi) is 5.75. The molecule has 2 aromatic carbocycles. The molecule has 0 amide bonds. The Balaban J connectivity index is 1.30. The van der Waals surface area contributed by atoms with E-state index in [2.05, 4.69) is 0 Å². The molecule has 4 saturated carbocycles. The van der Waals surface area contributed by atoms with Crippen LogP contribution in [-0.4, -0.2) is 12.9 Å². The normalized spacial score (nSPS) is 28.3. The van der Waals surface area contributed by atoms with Crippen LogP contribution in [0.1, 0.15) is 49.7 Å². The van der Waals surface area contributed by atoms with E-state index < -0.39 is 5.82 Å². The quantitative estimate of drug-likeness (QED) is 0.428. The largest absolute Gasteiger partial charge is 0.496 e. The lowest BCUT2D eigenvalue weighted by Gasteiger charge is -2.55. The zero-order valence-corrected chi connectivity index (χ0v) is 19.0. The van der Waals surface area contributed by atoms with E-state index in [1.807, 2.05) is 24.3 Å². The van der Waals surface area contributed by atoms with Crippen LogP contribution in [-0.2, 0) is 11.4 Å². The van der Waals surface area contributed by atoms with E-state index in [-0.39, 0.29) is 17.0 Å². The van der Waals surface area contributed by atoms with Crippen molar-refractivity contribution in [2.75, 3.05) is 7.11 Å². The van der Waals surface area contributed by atoms with Gasteiger partial charge in [-0.3, -0.25) is 4.79 Å². The molecule has 4 bridgehead atoms. The third-order valence-electron chi connectivity index (χ3n) is 7.58. The summed E-state index contributed by atoms with van der Waals surface area (Å²) in [7, 11) is 1.61. The van der Waals surface area contributed by atoms with E-state index in [0.29, 0.717) is 17.3 Å². The molecule has 2 aromatic rings. The molecule has 0 aromatic heterocycles. The van der Waals surface area contributed by atoms with Crippen LogP contribution in [0.4, 0.5) is 4.39 Å². The third-order valence-corrected chi connectivity index (χ3v) is 7.87. The average Bonchev–Trinajstić information content (AvgIpc) is 2.77. The van der Waals surface area contributed by atoms with Crippen molar-refractivity contribution in [3.63, 3.8) is 0 Å². The summed E-state index contributed by atoms with van der Waals surface area (Å²) in [5, 5.41) is 0.0225. The highest BCUT2D eigenvalue weighted by Gasteiger charge is 2.53. The molecule has 4 aliphatic carbocycles. The Morgan fingerprint density at radius 1 is 1.09 bits per heavy atom. The van der Waals surface area contributed by atoms with Crippen LogP contribution >= 0.6 is 11.6 Å². The number of halogens is 2. The van der Waals surface area contributed by atoms with Crippen molar-refractivity contribution in [3.8, 4) is 11.5 Å². The Labute approximate surface area is 193 Å². The van der Waals surface area contributed by atoms with Gasteiger partial charge in [-0.25, -0.2) is 4.39 Å². The molecule has 6 rings (SSSR count). The summed E-state index contributed by atoms with van der Waals surface area (Å²) in [5.74, 6) is 3.26. The number of methoxy groups -OCH3 is 1. The molecule has 168 valence electrons. The van der Waals surface area contributed by atoms with Crippen molar-refractivity contribution in [1.29, 1.82) is 0 Å². The van der Waals surface area contributed by atoms with Crippen molar-refractivity contribution in [1.82, 2.24) is 0 Å². The summed E-state index contributed by atoms with van der Waals surface area (Å²) in [6, 6.07) is 10.1. The Hall–Kier alpha value is -2.33. The zero-order chi connectivity index (χ0) is 22.3. The SMILES string of the molecule is COc1ccc(/C=C/C(=O)C23CC4CC(CC(C4)C2)C3)cc1COc1ccc(F)c(Cl)c1. The first-order valence-corrected chi connectivity index (χ1v) is 11.8. The molecule has 0 unspecified atom stereocenters. The molecule has 0 radical (unpaired) electrons. The molecule has 0 aliphatic heterocycles. The topological polar surface area (TPSA) is 35.5 Å². The second-order valence-electron chi connectivity index (χ2n) is 9.83. The fraction of sp³-hybridized carbons (Fsp3) is 0.444. The number of rotatable bonds is 7. The number of hydrogen-bond donors (Lipinski definition) is 0. The fourth-order valence-electron chi connectivity index (χ4n) is 6.50. The molecular weight excluding hydrogens is 427 g/mol. The minimum absolute atomic E-state index is 0.0225. The molecule has 0 atom stereocenters. The molecule has 32 heavy (non-hydrogen) atoms. The molecule has 0 saturated heterocycles. The standard InChI is InChI=1S/C27H28ClFO3/c1-31-25-6-2-17(11-21(25)16-32-22-4-5-24(29)23(28)12-22)3-7-26(30)27-13-18-8-19(14-27)10-20(9-18)15-27/h2-7,11-12,18-20H,8-10,13-16H2,1H3/b7-3+. The number of carbonyl (C=O) groups excluding carboxylic acids is 1. The molecule has 4 aliphatic rings. The van der Waals surface area contributed by atoms with E-state index in [1.54, 1.807) is 19.3 Å². The van der Waals surface area contributed by atoms with Crippen LogP contribution in [0.5, 0.6) is 11.5 Å². The highest BCUT2D eigenvalue weighted by Crippen LogP contribution is 2.60. The Bertz CT molecular complexity index is 1030. The first kappa shape index (κ1) is 21.5.